The monoisotopic (exact) mass is 1130 g/mol. The van der Waals surface area contributed by atoms with Crippen molar-refractivity contribution >= 4 is 68.1 Å². The van der Waals surface area contributed by atoms with Gasteiger partial charge in [0, 0.05) is 42.6 Å². The summed E-state index contributed by atoms with van der Waals surface area (Å²) in [5.74, 6) is 2.83. The van der Waals surface area contributed by atoms with Crippen molar-refractivity contribution in [2.75, 3.05) is 49.7 Å². The number of hydrogen-bond acceptors (Lipinski definition) is 15. The lowest BCUT2D eigenvalue weighted by Crippen LogP contribution is -2.22. The van der Waals surface area contributed by atoms with Crippen LogP contribution in [0.15, 0.2) is 204 Å². The topological polar surface area (TPSA) is 255 Å². The molecular weight excluding hydrogens is 1070 g/mol. The Morgan fingerprint density at radius 1 is 0.542 bits per heavy atom. The molecule has 12 rings (SSSR count). The highest BCUT2D eigenvalue weighted by Crippen LogP contribution is 2.30. The molecule has 21 heteroatoms. The van der Waals surface area contributed by atoms with Crippen LogP contribution in [0.1, 0.15) is 25.7 Å². The number of aromatic nitrogens is 8. The summed E-state index contributed by atoms with van der Waals surface area (Å²) in [5, 5.41) is 2.48. The van der Waals surface area contributed by atoms with Crippen molar-refractivity contribution in [3.8, 4) is 45.7 Å². The molecule has 6 aromatic carbocycles. The number of carbonyl (C=O) groups excluding carboxylic acids is 2. The van der Waals surface area contributed by atoms with Gasteiger partial charge in [0.1, 0.15) is 46.7 Å². The first-order valence-corrected chi connectivity index (χ1v) is 27.0. The summed E-state index contributed by atoms with van der Waals surface area (Å²) >= 11 is 5.11. The predicted molar refractivity (Wildman–Crippen MR) is 324 cm³/mol. The fourth-order valence-electron chi connectivity index (χ4n) is 9.15. The van der Waals surface area contributed by atoms with E-state index in [-0.39, 0.29) is 28.9 Å². The molecule has 4 heterocycles. The number of para-hydroxylation sites is 2. The molecule has 7 N–H and O–H groups in total. The van der Waals surface area contributed by atoms with Crippen LogP contribution in [0.5, 0.6) is 23.0 Å². The van der Waals surface area contributed by atoms with Gasteiger partial charge in [-0.1, -0.05) is 60.7 Å². The Labute approximate surface area is 481 Å². The molecule has 0 bridgehead atoms. The number of allylic oxidation sites excluding steroid dienone is 1. The van der Waals surface area contributed by atoms with Crippen LogP contribution in [-0.2, 0) is 9.59 Å². The molecule has 2 aliphatic carbocycles. The normalized spacial score (nSPS) is 13.0. The van der Waals surface area contributed by atoms with E-state index in [0.717, 1.165) is 18.3 Å². The van der Waals surface area contributed by atoms with Crippen molar-refractivity contribution in [3.05, 3.63) is 216 Å². The van der Waals surface area contributed by atoms with Gasteiger partial charge < -0.3 is 32.0 Å². The highest BCUT2D eigenvalue weighted by Gasteiger charge is 2.26. The average Bonchev–Trinajstić information content (AvgIpc) is 2.25. The van der Waals surface area contributed by atoms with E-state index in [9.17, 15) is 19.2 Å². The Balaban J connectivity index is 0.000000161. The summed E-state index contributed by atoms with van der Waals surface area (Å²) in [7, 11) is 4.11. The molecule has 10 aromatic rings. The first-order valence-electron chi connectivity index (χ1n) is 26.6. The molecule has 1 amide bonds. The van der Waals surface area contributed by atoms with E-state index < -0.39 is 5.24 Å². The highest BCUT2D eigenvalue weighted by atomic mass is 35.5. The molecule has 0 unspecified atom stereocenters. The number of rotatable bonds is 17. The molecule has 4 aromatic heterocycles. The number of nitrogens with two attached hydrogens (primary N) is 3. The number of carbonyl (C=O) groups is 2. The first-order chi connectivity index (χ1) is 40.3. The number of ether oxygens (including phenoxy) is 2. The smallest absolute Gasteiger partial charge is 0.339 e. The van der Waals surface area contributed by atoms with E-state index in [1.54, 1.807) is 103 Å². The fraction of sp³-hybridized carbons (Fsp3) is 0.161. The lowest BCUT2D eigenvalue weighted by atomic mass is 10.2. The number of imidazole rings is 2. The maximum absolute atomic E-state index is 13.9. The zero-order valence-corrected chi connectivity index (χ0v) is 46.2. The molecule has 2 fully saturated rings. The Bertz CT molecular complexity index is 4100. The number of halogens is 1. The largest absolute Gasteiger partial charge is 0.457 e. The molecule has 0 aliphatic heterocycles. The molecule has 2 saturated carbocycles. The van der Waals surface area contributed by atoms with Crippen LogP contribution in [0.25, 0.3) is 45.1 Å². The second kappa shape index (κ2) is 25.5. The van der Waals surface area contributed by atoms with E-state index in [4.69, 9.17) is 38.3 Å². The third-order valence-corrected chi connectivity index (χ3v) is 13.7. The van der Waals surface area contributed by atoms with Crippen LogP contribution in [0.2, 0.25) is 0 Å². The molecule has 0 spiro atoms. The highest BCUT2D eigenvalue weighted by molar-refractivity contribution is 6.66. The van der Waals surface area contributed by atoms with E-state index in [1.165, 1.54) is 68.8 Å². The van der Waals surface area contributed by atoms with Gasteiger partial charge in [0.2, 0.25) is 11.1 Å². The summed E-state index contributed by atoms with van der Waals surface area (Å²) in [6.07, 6.45) is 14.2. The van der Waals surface area contributed by atoms with Crippen molar-refractivity contribution < 1.29 is 19.1 Å². The minimum atomic E-state index is -0.394. The number of amides is 1. The summed E-state index contributed by atoms with van der Waals surface area (Å²) in [6.45, 7) is 1.54. The van der Waals surface area contributed by atoms with Crippen LogP contribution >= 0.6 is 11.6 Å². The van der Waals surface area contributed by atoms with Crippen LogP contribution in [0, 0.1) is 0 Å². The fourth-order valence-corrected chi connectivity index (χ4v) is 9.24. The third kappa shape index (κ3) is 13.7. The number of benzene rings is 6. The van der Waals surface area contributed by atoms with Crippen molar-refractivity contribution in [3.63, 3.8) is 0 Å². The molecule has 2 aliphatic rings. The van der Waals surface area contributed by atoms with Crippen LogP contribution < -0.4 is 43.4 Å². The van der Waals surface area contributed by atoms with Gasteiger partial charge in [-0.05, 0) is 167 Å². The number of nitrogens with zero attached hydrogens (tertiary/aromatic N) is 10. The first kappa shape index (κ1) is 56.1. The van der Waals surface area contributed by atoms with Gasteiger partial charge in [0.25, 0.3) is 0 Å². The van der Waals surface area contributed by atoms with E-state index >= 15 is 0 Å². The second-order valence-electron chi connectivity index (χ2n) is 19.7. The lowest BCUT2D eigenvalue weighted by molar-refractivity contribution is -0.112. The molecule has 420 valence electrons. The molecule has 20 nitrogen and oxygen atoms in total. The third-order valence-electron chi connectivity index (χ3n) is 13.6. The van der Waals surface area contributed by atoms with Crippen LogP contribution in [0.4, 0.5) is 23.0 Å². The van der Waals surface area contributed by atoms with E-state index in [2.05, 4.69) is 49.1 Å². The number of anilines is 4. The van der Waals surface area contributed by atoms with Gasteiger partial charge in [-0.2, -0.15) is 0 Å². The van der Waals surface area contributed by atoms with Crippen molar-refractivity contribution in [2.24, 2.45) is 0 Å². The number of fused-ring (bicyclic) bond motifs is 2. The molecule has 83 heavy (non-hydrogen) atoms. The Hall–Kier alpha value is -10.2. The predicted octanol–water partition coefficient (Wildman–Crippen LogP) is 9.47. The van der Waals surface area contributed by atoms with Crippen molar-refractivity contribution in [1.29, 1.82) is 0 Å². The van der Waals surface area contributed by atoms with E-state index in [1.807, 2.05) is 66.7 Å². The zero-order valence-electron chi connectivity index (χ0n) is 45.4. The number of nitrogen functional groups attached to an aromatic ring is 3. The maximum Gasteiger partial charge on any atom is 0.339 e. The number of likely N-dealkylation sites (N-methyl/N-ethyl adjacent to an activating group) is 2. The Morgan fingerprint density at radius 2 is 0.976 bits per heavy atom. The zero-order chi connectivity index (χ0) is 58.0. The molecule has 0 saturated heterocycles. The standard InChI is InChI=1S/C31H29N7O3.C23H18N6O2.C8H12ClNO/c1-36(22-12-13-22)18-6-11-27(39)35-21-7-5-8-24(19-21)38-30-28(29(32)33-20-34-30)37(31(38)40)23-14-16-26(17-15-23)41-25-9-3-2-4-10-25;24-15-5-4-6-17(13-15)29-22-20(21(25)26-14-27-22)28(23(29)30)16-9-11-19(12-10-16)31-18-7-2-1-3-8-18;1-10(7-4-5-7)6-2-3-8(9)11/h2-11,14-17,19-20,22H,12-13,18H2,1H3,(H,35,39)(H2,32,33,34);1-14H,24H2,(H2,25,26,27);2-3,7H,4-6H2,1H3/b11-6+;;3-2+. The van der Waals surface area contributed by atoms with Gasteiger partial charge in [0.15, 0.2) is 22.9 Å². The van der Waals surface area contributed by atoms with Crippen molar-refractivity contribution in [1.82, 2.24) is 48.0 Å². The molecule has 0 radical (unpaired) electrons. The average molecular weight is 1130 g/mol. The SMILES string of the molecule is CN(C/C=C/C(=O)Cl)C1CC1.CN(C/C=C/C(=O)Nc1cccc(-n2c(=O)n(-c3ccc(Oc4ccccc4)cc3)c3c(N)ncnc32)c1)C1CC1.Nc1cccc(-n2c(=O)n(-c3ccc(Oc4ccccc4)cc3)c3c(N)ncnc32)c1. The summed E-state index contributed by atoms with van der Waals surface area (Å²) in [4.78, 5) is 71.5. The Morgan fingerprint density at radius 3 is 1.42 bits per heavy atom. The van der Waals surface area contributed by atoms with Crippen molar-refractivity contribution in [2.45, 2.75) is 37.8 Å². The van der Waals surface area contributed by atoms with Gasteiger partial charge in [-0.3, -0.25) is 28.5 Å². The lowest BCUT2D eigenvalue weighted by Gasteiger charge is -2.11. The summed E-state index contributed by atoms with van der Waals surface area (Å²) in [6, 6.07) is 48.6. The minimum absolute atomic E-state index is 0.168. The second-order valence-corrected chi connectivity index (χ2v) is 20.0. The van der Waals surface area contributed by atoms with E-state index in [0.29, 0.717) is 86.3 Å². The summed E-state index contributed by atoms with van der Waals surface area (Å²) in [5.41, 5.74) is 22.5. The quantitative estimate of drug-likeness (QED) is 0.0376. The van der Waals surface area contributed by atoms with Crippen LogP contribution in [0.3, 0.4) is 0 Å². The van der Waals surface area contributed by atoms with Gasteiger partial charge in [-0.25, -0.2) is 38.7 Å². The Kier molecular flexibility index (Phi) is 17.3. The molecular formula is C62H59ClN14O6. The molecule has 0 atom stereocenters. The minimum Gasteiger partial charge on any atom is -0.457 e. The maximum atomic E-state index is 13.9. The van der Waals surface area contributed by atoms with Gasteiger partial charge in [0.05, 0.1) is 22.7 Å². The van der Waals surface area contributed by atoms with Gasteiger partial charge >= 0.3 is 11.4 Å². The van der Waals surface area contributed by atoms with Gasteiger partial charge in [-0.15, -0.1) is 0 Å². The van der Waals surface area contributed by atoms with Crippen LogP contribution in [-0.4, -0.2) is 98.4 Å². The number of hydrogen-bond donors (Lipinski definition) is 4. The number of nitrogens with one attached hydrogen (secondary N) is 1. The summed E-state index contributed by atoms with van der Waals surface area (Å²) < 4.78 is 17.6.